The predicted molar refractivity (Wildman–Crippen MR) is 136 cm³/mol. The number of nitriles is 1. The van der Waals surface area contributed by atoms with E-state index < -0.39 is 22.9 Å². The van der Waals surface area contributed by atoms with Crippen LogP contribution in [0.2, 0.25) is 0 Å². The van der Waals surface area contributed by atoms with Gasteiger partial charge in [-0.1, -0.05) is 48.0 Å². The van der Waals surface area contributed by atoms with Gasteiger partial charge in [-0.2, -0.15) is 18.4 Å². The van der Waals surface area contributed by atoms with E-state index in [1.54, 1.807) is 24.5 Å². The van der Waals surface area contributed by atoms with Crippen LogP contribution in [-0.2, 0) is 12.7 Å². The zero-order chi connectivity index (χ0) is 26.3. The van der Waals surface area contributed by atoms with Gasteiger partial charge in [0, 0.05) is 0 Å². The second-order valence-electron chi connectivity index (χ2n) is 8.96. The molecular formula is C29H21F3N4O. The van der Waals surface area contributed by atoms with Crippen molar-refractivity contribution in [3.63, 3.8) is 0 Å². The third-order valence-corrected chi connectivity index (χ3v) is 6.46. The fraction of sp³-hybridized carbons (Fsp3) is 0.138. The van der Waals surface area contributed by atoms with Crippen LogP contribution in [0.4, 0.5) is 13.2 Å². The van der Waals surface area contributed by atoms with Gasteiger partial charge in [0.05, 0.1) is 35.2 Å². The second-order valence-corrected chi connectivity index (χ2v) is 8.96. The summed E-state index contributed by atoms with van der Waals surface area (Å²) in [5.41, 5.74) is 3.29. The van der Waals surface area contributed by atoms with Crippen LogP contribution < -0.4 is 5.56 Å². The Morgan fingerprint density at radius 1 is 0.973 bits per heavy atom. The predicted octanol–water partition coefficient (Wildman–Crippen LogP) is 6.61. The van der Waals surface area contributed by atoms with Gasteiger partial charge < -0.3 is 9.55 Å². The number of fused-ring (bicyclic) bond motifs is 1. The fourth-order valence-electron chi connectivity index (χ4n) is 4.54. The van der Waals surface area contributed by atoms with Crippen molar-refractivity contribution in [1.82, 2.24) is 14.5 Å². The first-order valence-corrected chi connectivity index (χ1v) is 11.5. The summed E-state index contributed by atoms with van der Waals surface area (Å²) in [6.45, 7) is 3.84. The van der Waals surface area contributed by atoms with Gasteiger partial charge in [0.2, 0.25) is 0 Å². The molecule has 0 aliphatic rings. The number of benzene rings is 3. The SMILES string of the molecule is Cc1ccc(Cn2c(-c3cccc(-c4ccc5[nH]cnc5c4)c3)cc(C(F)(F)F)c(C#N)c2=O)c(C)c1. The summed E-state index contributed by atoms with van der Waals surface area (Å²) in [4.78, 5) is 20.6. The van der Waals surface area contributed by atoms with Gasteiger partial charge in [-0.05, 0) is 65.9 Å². The average Bonchev–Trinajstić information content (AvgIpc) is 3.34. The summed E-state index contributed by atoms with van der Waals surface area (Å²) < 4.78 is 43.0. The number of imidazole rings is 1. The van der Waals surface area contributed by atoms with Crippen molar-refractivity contribution >= 4 is 11.0 Å². The van der Waals surface area contributed by atoms with E-state index in [0.29, 0.717) is 5.56 Å². The highest BCUT2D eigenvalue weighted by molar-refractivity contribution is 5.82. The molecule has 37 heavy (non-hydrogen) atoms. The normalized spacial score (nSPS) is 11.6. The minimum atomic E-state index is -4.86. The van der Waals surface area contributed by atoms with Gasteiger partial charge in [-0.3, -0.25) is 4.79 Å². The number of nitrogens with zero attached hydrogens (tertiary/aromatic N) is 3. The van der Waals surface area contributed by atoms with Gasteiger partial charge in [-0.15, -0.1) is 0 Å². The summed E-state index contributed by atoms with van der Waals surface area (Å²) >= 11 is 0. The van der Waals surface area contributed by atoms with Crippen LogP contribution >= 0.6 is 0 Å². The molecule has 2 heterocycles. The fourth-order valence-corrected chi connectivity index (χ4v) is 4.54. The maximum Gasteiger partial charge on any atom is 0.417 e. The molecule has 1 N–H and O–H groups in total. The summed E-state index contributed by atoms with van der Waals surface area (Å²) in [5.74, 6) is 0. The Morgan fingerprint density at radius 3 is 2.46 bits per heavy atom. The molecule has 8 heteroatoms. The Bertz CT molecular complexity index is 1760. The van der Waals surface area contributed by atoms with E-state index >= 15 is 0 Å². The lowest BCUT2D eigenvalue weighted by atomic mass is 9.98. The summed E-state index contributed by atoms with van der Waals surface area (Å²) in [5, 5.41) is 9.50. The number of aromatic amines is 1. The van der Waals surface area contributed by atoms with Gasteiger partial charge in [-0.25, -0.2) is 4.98 Å². The third-order valence-electron chi connectivity index (χ3n) is 6.46. The molecular weight excluding hydrogens is 477 g/mol. The Kier molecular flexibility index (Phi) is 5.92. The highest BCUT2D eigenvalue weighted by Crippen LogP contribution is 2.35. The molecule has 3 aromatic carbocycles. The monoisotopic (exact) mass is 498 g/mol. The number of aryl methyl sites for hydroxylation is 2. The van der Waals surface area contributed by atoms with E-state index in [4.69, 9.17) is 0 Å². The van der Waals surface area contributed by atoms with Crippen LogP contribution in [0.25, 0.3) is 33.4 Å². The molecule has 0 saturated heterocycles. The third kappa shape index (κ3) is 4.52. The quantitative estimate of drug-likeness (QED) is 0.303. The van der Waals surface area contributed by atoms with E-state index in [0.717, 1.165) is 44.9 Å². The standard InChI is InChI=1S/C29H21F3N4O/c1-17-6-7-22(18(2)10-17)15-36-27(13-24(29(30,31)32)23(14-33)28(36)37)21-5-3-4-19(11-21)20-8-9-25-26(12-20)35-16-34-25/h3-13,16H,15H2,1-2H3,(H,34,35). The first kappa shape index (κ1) is 24.1. The Balaban J connectivity index is 1.73. The van der Waals surface area contributed by atoms with Gasteiger partial charge in [0.15, 0.2) is 0 Å². The van der Waals surface area contributed by atoms with Crippen molar-refractivity contribution in [2.45, 2.75) is 26.6 Å². The van der Waals surface area contributed by atoms with Gasteiger partial charge in [0.25, 0.3) is 5.56 Å². The first-order chi connectivity index (χ1) is 17.7. The van der Waals surface area contributed by atoms with Crippen LogP contribution in [0.3, 0.4) is 0 Å². The van der Waals surface area contributed by atoms with Crippen molar-refractivity contribution in [1.29, 1.82) is 5.26 Å². The van der Waals surface area contributed by atoms with E-state index in [-0.39, 0.29) is 12.2 Å². The summed E-state index contributed by atoms with van der Waals surface area (Å²) in [6, 6.07) is 20.7. The van der Waals surface area contributed by atoms with E-state index in [9.17, 15) is 23.2 Å². The zero-order valence-electron chi connectivity index (χ0n) is 20.0. The zero-order valence-corrected chi connectivity index (χ0v) is 20.0. The molecule has 2 aromatic heterocycles. The van der Waals surface area contributed by atoms with E-state index in [1.807, 2.05) is 56.3 Å². The van der Waals surface area contributed by atoms with Crippen molar-refractivity contribution in [2.24, 2.45) is 0 Å². The summed E-state index contributed by atoms with van der Waals surface area (Å²) in [7, 11) is 0. The van der Waals surface area contributed by atoms with Gasteiger partial charge in [0.1, 0.15) is 11.6 Å². The number of H-pyrrole nitrogens is 1. The highest BCUT2D eigenvalue weighted by atomic mass is 19.4. The molecule has 0 amide bonds. The molecule has 0 aliphatic carbocycles. The maximum absolute atomic E-state index is 13.9. The number of alkyl halides is 3. The molecule has 0 fully saturated rings. The molecule has 0 atom stereocenters. The largest absolute Gasteiger partial charge is 0.417 e. The molecule has 0 aliphatic heterocycles. The van der Waals surface area contributed by atoms with Crippen LogP contribution in [0.1, 0.15) is 27.8 Å². The number of hydrogen-bond acceptors (Lipinski definition) is 3. The van der Waals surface area contributed by atoms with Crippen LogP contribution in [-0.4, -0.2) is 14.5 Å². The van der Waals surface area contributed by atoms with Crippen molar-refractivity contribution in [2.75, 3.05) is 0 Å². The molecule has 0 spiro atoms. The number of aromatic nitrogens is 3. The Labute approximate surface area is 210 Å². The lowest BCUT2D eigenvalue weighted by molar-refractivity contribution is -0.137. The van der Waals surface area contributed by atoms with E-state index in [2.05, 4.69) is 9.97 Å². The number of halogens is 3. The van der Waals surface area contributed by atoms with Crippen LogP contribution in [0.15, 0.2) is 77.9 Å². The Morgan fingerprint density at radius 2 is 1.73 bits per heavy atom. The van der Waals surface area contributed by atoms with Gasteiger partial charge >= 0.3 is 6.18 Å². The van der Waals surface area contributed by atoms with Crippen LogP contribution in [0, 0.1) is 25.2 Å². The molecule has 184 valence electrons. The maximum atomic E-state index is 13.9. The van der Waals surface area contributed by atoms with Crippen LogP contribution in [0.5, 0.6) is 0 Å². The molecule has 5 nitrogen and oxygen atoms in total. The lowest BCUT2D eigenvalue weighted by Crippen LogP contribution is -2.29. The second kappa shape index (κ2) is 9.10. The average molecular weight is 499 g/mol. The highest BCUT2D eigenvalue weighted by Gasteiger charge is 2.36. The first-order valence-electron chi connectivity index (χ1n) is 11.5. The lowest BCUT2D eigenvalue weighted by Gasteiger charge is -2.19. The molecule has 0 saturated carbocycles. The molecule has 0 bridgehead atoms. The smallest absolute Gasteiger partial charge is 0.345 e. The molecule has 0 unspecified atom stereocenters. The number of pyridine rings is 1. The van der Waals surface area contributed by atoms with Crippen molar-refractivity contribution in [3.8, 4) is 28.5 Å². The van der Waals surface area contributed by atoms with Crippen molar-refractivity contribution in [3.05, 3.63) is 111 Å². The number of hydrogen-bond donors (Lipinski definition) is 1. The Hall–Kier alpha value is -4.64. The minimum Gasteiger partial charge on any atom is -0.345 e. The van der Waals surface area contributed by atoms with E-state index in [1.165, 1.54) is 10.6 Å². The molecule has 0 radical (unpaired) electrons. The topological polar surface area (TPSA) is 74.5 Å². The summed E-state index contributed by atoms with van der Waals surface area (Å²) in [6.07, 6.45) is -3.27. The van der Waals surface area contributed by atoms with Crippen molar-refractivity contribution < 1.29 is 13.2 Å². The molecule has 5 rings (SSSR count). The number of nitrogens with one attached hydrogen (secondary N) is 1. The number of rotatable bonds is 4. The minimum absolute atomic E-state index is 0.0244. The molecule has 5 aromatic rings.